The molecule has 40 heavy (non-hydrogen) atoms. The molecule has 1 fully saturated rings. The summed E-state index contributed by atoms with van der Waals surface area (Å²) in [5, 5.41) is 15.2. The third kappa shape index (κ3) is 5.69. The molecule has 7 nitrogen and oxygen atoms in total. The number of hydrogen-bond acceptors (Lipinski definition) is 5. The first-order valence-electron chi connectivity index (χ1n) is 13.5. The number of halogens is 1. The molecule has 0 saturated carbocycles. The second kappa shape index (κ2) is 11.4. The van der Waals surface area contributed by atoms with Crippen LogP contribution in [0.4, 0.5) is 4.39 Å². The van der Waals surface area contributed by atoms with E-state index in [1.807, 2.05) is 18.2 Å². The van der Waals surface area contributed by atoms with Crippen LogP contribution in [-0.2, 0) is 16.6 Å². The molecule has 0 amide bonds. The van der Waals surface area contributed by atoms with E-state index in [0.29, 0.717) is 37.3 Å². The second-order valence-corrected chi connectivity index (χ2v) is 13.1. The number of carbonyl (C=O) groups is 1. The van der Waals surface area contributed by atoms with Crippen LogP contribution in [0, 0.1) is 24.6 Å². The van der Waals surface area contributed by atoms with Crippen LogP contribution in [-0.4, -0.2) is 68.0 Å². The number of phenols is 1. The molecule has 9 heteroatoms. The predicted octanol–water partition coefficient (Wildman–Crippen LogP) is 4.10. The van der Waals surface area contributed by atoms with Crippen molar-refractivity contribution in [3.05, 3.63) is 100 Å². The van der Waals surface area contributed by atoms with E-state index in [9.17, 15) is 22.7 Å². The maximum Gasteiger partial charge on any atom is 0.210 e. The lowest BCUT2D eigenvalue weighted by Gasteiger charge is -2.46. The number of phenolic OH excluding ortho intramolecular Hbond substituents is 1. The number of Topliss-reactive ketones (excluding diaryl/α,β-unsaturated/α-hetero) is 1. The molecule has 0 bridgehead atoms. The summed E-state index contributed by atoms with van der Waals surface area (Å²) >= 11 is 0. The number of nitrogens with zero attached hydrogens (tertiary/aromatic N) is 3. The van der Waals surface area contributed by atoms with Gasteiger partial charge in [-0.25, -0.2) is 22.4 Å². The molecule has 1 radical (unpaired) electrons. The Hall–Kier alpha value is -3.11. The van der Waals surface area contributed by atoms with E-state index in [2.05, 4.69) is 17.0 Å². The number of likely N-dealkylation sites (tertiary alicyclic amines) is 1. The third-order valence-electron chi connectivity index (χ3n) is 8.49. The number of fused-ring (bicyclic) bond motifs is 1. The fraction of sp³-hybridized carbons (Fsp3) is 0.387. The van der Waals surface area contributed by atoms with Gasteiger partial charge in [0.1, 0.15) is 11.6 Å². The first-order chi connectivity index (χ1) is 19.0. The lowest BCUT2D eigenvalue weighted by atomic mass is 9.67. The molecule has 0 spiro atoms. The largest absolute Gasteiger partial charge is 0.508 e. The zero-order chi connectivity index (χ0) is 28.6. The van der Waals surface area contributed by atoms with Crippen LogP contribution in [0.5, 0.6) is 5.75 Å². The topological polar surface area (TPSA) is 92.0 Å². The first-order valence-corrected chi connectivity index (χ1v) is 15.4. The highest BCUT2D eigenvalue weighted by molar-refractivity contribution is 7.88. The summed E-state index contributed by atoms with van der Waals surface area (Å²) in [6.45, 7) is 3.99. The Morgan fingerprint density at radius 3 is 2.55 bits per heavy atom. The van der Waals surface area contributed by atoms with Crippen molar-refractivity contribution in [3.63, 3.8) is 0 Å². The normalized spacial score (nSPS) is 23.3. The van der Waals surface area contributed by atoms with Gasteiger partial charge in [-0.05, 0) is 47.4 Å². The van der Waals surface area contributed by atoms with Crippen molar-refractivity contribution in [1.29, 1.82) is 0 Å². The fourth-order valence-corrected chi connectivity index (χ4v) is 6.70. The Morgan fingerprint density at radius 1 is 1.07 bits per heavy atom. The summed E-state index contributed by atoms with van der Waals surface area (Å²) in [5.74, 6) is -1.51. The number of rotatable bonds is 8. The lowest BCUT2D eigenvalue weighted by Crippen LogP contribution is -2.52. The maximum atomic E-state index is 15.0. The summed E-state index contributed by atoms with van der Waals surface area (Å²) in [6.07, 6.45) is 1.18. The number of sulfonamides is 1. The number of piperidine rings is 1. The maximum absolute atomic E-state index is 15.0. The third-order valence-corrected chi connectivity index (χ3v) is 9.80. The highest BCUT2D eigenvalue weighted by Gasteiger charge is 2.47. The van der Waals surface area contributed by atoms with E-state index in [-0.39, 0.29) is 41.8 Å². The van der Waals surface area contributed by atoms with E-state index in [1.165, 1.54) is 28.8 Å². The summed E-state index contributed by atoms with van der Waals surface area (Å²) in [4.78, 5) is 16.4. The van der Waals surface area contributed by atoms with E-state index >= 15 is 0 Å². The summed E-state index contributed by atoms with van der Waals surface area (Å²) in [6, 6.07) is 19.3. The first kappa shape index (κ1) is 28.4. The molecule has 1 unspecified atom stereocenters. The number of carbonyl (C=O) groups excluding carboxylic acids is 1. The molecule has 1 N–H and O–H groups in total. The highest BCUT2D eigenvalue weighted by Crippen LogP contribution is 2.48. The smallest absolute Gasteiger partial charge is 0.210 e. The van der Waals surface area contributed by atoms with Gasteiger partial charge < -0.3 is 10.0 Å². The molecule has 2 aliphatic heterocycles. The molecule has 5 rings (SSSR count). The van der Waals surface area contributed by atoms with Crippen molar-refractivity contribution in [2.24, 2.45) is 11.8 Å². The molecule has 2 heterocycles. The predicted molar refractivity (Wildman–Crippen MR) is 152 cm³/mol. The van der Waals surface area contributed by atoms with Crippen molar-refractivity contribution in [2.45, 2.75) is 25.4 Å². The number of aromatic hydroxyl groups is 1. The van der Waals surface area contributed by atoms with Crippen molar-refractivity contribution in [1.82, 2.24) is 14.5 Å². The Labute approximate surface area is 235 Å². The van der Waals surface area contributed by atoms with Crippen LogP contribution >= 0.6 is 0 Å². The molecule has 0 aliphatic carbocycles. The average molecular weight is 565 g/mol. The molecule has 4 atom stereocenters. The Balaban J connectivity index is 1.61. The van der Waals surface area contributed by atoms with Crippen molar-refractivity contribution < 1.29 is 22.7 Å². The van der Waals surface area contributed by atoms with Gasteiger partial charge in [0.15, 0.2) is 5.78 Å². The number of hydrogen-bond donors (Lipinski definition) is 1. The summed E-state index contributed by atoms with van der Waals surface area (Å²) < 4.78 is 40.5. The van der Waals surface area contributed by atoms with Crippen LogP contribution in [0.1, 0.15) is 44.6 Å². The van der Waals surface area contributed by atoms with Crippen molar-refractivity contribution >= 4 is 15.8 Å². The molecule has 1 saturated heterocycles. The standard InChI is InChI=1S/C31H35FN3O4S/c1-20-24(12-7-13-28(20)32)29-26(30-25-11-5-4-8-22(25)17-33-30)18-35(15-14-34(2)40(3,38)39)19-27(29)31(37)21-9-6-10-23(36)16-21/h4-13,16,26-27,29-30,36H,14-15,17-19H2,1-3H3/t26-,27-,29+,30?/m0/s1. The lowest BCUT2D eigenvalue weighted by molar-refractivity contribution is 0.0564. The van der Waals surface area contributed by atoms with Crippen LogP contribution in [0.2, 0.25) is 0 Å². The number of likely N-dealkylation sites (N-methyl/N-ethyl adjacent to an activating group) is 1. The van der Waals surface area contributed by atoms with Crippen LogP contribution in [0.15, 0.2) is 66.7 Å². The van der Waals surface area contributed by atoms with Crippen molar-refractivity contribution in [2.75, 3.05) is 39.5 Å². The van der Waals surface area contributed by atoms with Gasteiger partial charge in [0, 0.05) is 63.1 Å². The minimum atomic E-state index is -3.36. The van der Waals surface area contributed by atoms with Gasteiger partial charge in [0.05, 0.1) is 12.3 Å². The van der Waals surface area contributed by atoms with Crippen molar-refractivity contribution in [3.8, 4) is 5.75 Å². The zero-order valence-electron chi connectivity index (χ0n) is 23.0. The zero-order valence-corrected chi connectivity index (χ0v) is 23.8. The van der Waals surface area contributed by atoms with Gasteiger partial charge in [-0.15, -0.1) is 0 Å². The molecule has 0 aromatic heterocycles. The number of ketones is 1. The van der Waals surface area contributed by atoms with Crippen LogP contribution < -0.4 is 5.32 Å². The minimum Gasteiger partial charge on any atom is -0.508 e. The molecule has 211 valence electrons. The minimum absolute atomic E-state index is 0.00282. The van der Waals surface area contributed by atoms with Crippen LogP contribution in [0.3, 0.4) is 0 Å². The fourth-order valence-electron chi connectivity index (χ4n) is 6.28. The SMILES string of the molecule is Cc1c(F)cccc1[C@H]1[C@@H](C(=O)c2cccc(O)c2)CN(CCN(C)S(C)(=O)=O)C[C@@H]1C1[N]Cc2ccccc21. The van der Waals surface area contributed by atoms with Gasteiger partial charge in [-0.3, -0.25) is 4.79 Å². The Kier molecular flexibility index (Phi) is 8.10. The van der Waals surface area contributed by atoms with E-state index in [4.69, 9.17) is 5.32 Å². The molecule has 2 aliphatic rings. The average Bonchev–Trinajstić information content (AvgIpc) is 3.36. The van der Waals surface area contributed by atoms with Gasteiger partial charge in [-0.2, -0.15) is 0 Å². The number of benzene rings is 3. The van der Waals surface area contributed by atoms with E-state index in [1.54, 1.807) is 32.2 Å². The molecule has 3 aromatic carbocycles. The second-order valence-electron chi connectivity index (χ2n) is 11.0. The summed E-state index contributed by atoms with van der Waals surface area (Å²) in [5.41, 5.74) is 3.96. The van der Waals surface area contributed by atoms with Gasteiger partial charge in [0.2, 0.25) is 10.0 Å². The van der Waals surface area contributed by atoms with Gasteiger partial charge >= 0.3 is 0 Å². The molecule has 3 aromatic rings. The van der Waals surface area contributed by atoms with Crippen LogP contribution in [0.25, 0.3) is 0 Å². The van der Waals surface area contributed by atoms with E-state index in [0.717, 1.165) is 16.7 Å². The molecular formula is C31H35FN3O4S. The Morgan fingerprint density at radius 2 is 1.80 bits per heavy atom. The quantitative estimate of drug-likeness (QED) is 0.416. The Bertz CT molecular complexity index is 1510. The van der Waals surface area contributed by atoms with Gasteiger partial charge in [0.25, 0.3) is 0 Å². The monoisotopic (exact) mass is 564 g/mol. The molecular weight excluding hydrogens is 529 g/mol. The summed E-state index contributed by atoms with van der Waals surface area (Å²) in [7, 11) is -1.81. The van der Waals surface area contributed by atoms with E-state index < -0.39 is 15.9 Å². The van der Waals surface area contributed by atoms with Gasteiger partial charge in [-0.1, -0.05) is 48.5 Å². The highest BCUT2D eigenvalue weighted by atomic mass is 32.2.